The van der Waals surface area contributed by atoms with Crippen molar-refractivity contribution in [2.75, 3.05) is 53.9 Å². The van der Waals surface area contributed by atoms with Gasteiger partial charge in [0, 0.05) is 59.2 Å². The number of likely N-dealkylation sites (N-methyl/N-ethyl adjacent to an activating group) is 3. The lowest BCUT2D eigenvalue weighted by Gasteiger charge is -2.26. The zero-order chi connectivity index (χ0) is 25.8. The van der Waals surface area contributed by atoms with Crippen LogP contribution >= 0.6 is 0 Å². The molecule has 0 bridgehead atoms. The number of nitriles is 1. The molecule has 6 heteroatoms. The van der Waals surface area contributed by atoms with Crippen LogP contribution in [0.4, 0.5) is 0 Å². The molecule has 0 fully saturated rings. The van der Waals surface area contributed by atoms with Crippen LogP contribution in [0.2, 0.25) is 0 Å². The van der Waals surface area contributed by atoms with Crippen molar-refractivity contribution < 1.29 is 5.11 Å². The molecule has 1 aromatic rings. The number of rotatable bonds is 10. The lowest BCUT2D eigenvalue weighted by molar-refractivity contribution is 0.197. The van der Waals surface area contributed by atoms with Crippen LogP contribution in [0, 0.1) is 11.3 Å². The summed E-state index contributed by atoms with van der Waals surface area (Å²) in [5.41, 5.74) is 6.18. The van der Waals surface area contributed by atoms with Gasteiger partial charge in [-0.3, -0.25) is 0 Å². The predicted octanol–water partition coefficient (Wildman–Crippen LogP) is 3.77. The second-order valence-corrected chi connectivity index (χ2v) is 8.78. The van der Waals surface area contributed by atoms with Crippen molar-refractivity contribution in [1.29, 1.82) is 5.26 Å². The summed E-state index contributed by atoms with van der Waals surface area (Å²) in [7, 11) is 6.02. The summed E-state index contributed by atoms with van der Waals surface area (Å²) >= 11 is 0. The van der Waals surface area contributed by atoms with E-state index in [0.29, 0.717) is 18.8 Å². The highest BCUT2D eigenvalue weighted by molar-refractivity contribution is 5.62. The lowest BCUT2D eigenvalue weighted by Crippen LogP contribution is -2.34. The van der Waals surface area contributed by atoms with E-state index in [1.807, 2.05) is 31.9 Å². The van der Waals surface area contributed by atoms with E-state index in [4.69, 9.17) is 5.26 Å². The maximum atomic E-state index is 10.4. The van der Waals surface area contributed by atoms with E-state index in [-0.39, 0.29) is 0 Å². The molecule has 1 atom stereocenters. The minimum Gasteiger partial charge on any atom is -0.387 e. The molecule has 0 amide bonds. The molecule has 0 saturated carbocycles. The molecule has 3 rings (SSSR count). The number of aliphatic hydroxyl groups excluding tert-OH is 1. The first-order valence-electron chi connectivity index (χ1n) is 12.3. The molecule has 0 spiro atoms. The highest BCUT2D eigenvalue weighted by atomic mass is 16.3. The van der Waals surface area contributed by atoms with Crippen LogP contribution in [0.15, 0.2) is 78.2 Å². The van der Waals surface area contributed by atoms with Crippen molar-refractivity contribution in [2.45, 2.75) is 26.4 Å². The highest BCUT2D eigenvalue weighted by Gasteiger charge is 2.17. The Bertz CT molecular complexity index is 997. The van der Waals surface area contributed by atoms with Gasteiger partial charge in [-0.05, 0) is 41.3 Å². The predicted molar refractivity (Wildman–Crippen MR) is 146 cm³/mol. The maximum absolute atomic E-state index is 10.4. The van der Waals surface area contributed by atoms with Crippen LogP contribution in [-0.4, -0.2) is 79.8 Å². The van der Waals surface area contributed by atoms with Crippen molar-refractivity contribution in [3.8, 4) is 6.07 Å². The summed E-state index contributed by atoms with van der Waals surface area (Å²) in [5.74, 6) is 0. The van der Waals surface area contributed by atoms with Crippen molar-refractivity contribution >= 4 is 5.70 Å². The molecule has 0 aliphatic carbocycles. The average Bonchev–Trinajstić information content (AvgIpc) is 2.87. The molecule has 188 valence electrons. The summed E-state index contributed by atoms with van der Waals surface area (Å²) in [6.45, 7) is 11.9. The molecule has 0 radical (unpaired) electrons. The van der Waals surface area contributed by atoms with E-state index >= 15 is 0 Å². The molecular formula is C29H41N5O. The Morgan fingerprint density at radius 3 is 2.57 bits per heavy atom. The van der Waals surface area contributed by atoms with Gasteiger partial charge in [0.15, 0.2) is 0 Å². The minimum absolute atomic E-state index is 0.495. The molecule has 0 saturated heterocycles. The van der Waals surface area contributed by atoms with Gasteiger partial charge < -0.3 is 25.1 Å². The van der Waals surface area contributed by atoms with Gasteiger partial charge >= 0.3 is 0 Å². The lowest BCUT2D eigenvalue weighted by atomic mass is 10.0. The maximum Gasteiger partial charge on any atom is 0.117 e. The van der Waals surface area contributed by atoms with Gasteiger partial charge in [0.2, 0.25) is 0 Å². The Kier molecular flexibility index (Phi) is 11.4. The third-order valence-corrected chi connectivity index (χ3v) is 6.04. The standard InChI is InChI=1S/C27H35N5O.C2H6/c1-21(31(3)19-23-6-5-15-30(2)18-23)24-9-7-22(8-10-24)13-14-29-17-27(33)25-11-12-26(16-28)32(4)20-25;1-2/h5-12,18,27,29,33H,1,13-15,17,19-20H2,2-4H3;1-2H3. The van der Waals surface area contributed by atoms with Crippen LogP contribution in [0.1, 0.15) is 25.0 Å². The molecule has 35 heavy (non-hydrogen) atoms. The van der Waals surface area contributed by atoms with Crippen LogP contribution in [0.5, 0.6) is 0 Å². The highest BCUT2D eigenvalue weighted by Crippen LogP contribution is 2.19. The topological polar surface area (TPSA) is 65.8 Å². The van der Waals surface area contributed by atoms with E-state index < -0.39 is 6.10 Å². The molecule has 1 aromatic carbocycles. The first-order valence-corrected chi connectivity index (χ1v) is 12.3. The summed E-state index contributed by atoms with van der Waals surface area (Å²) in [5, 5.41) is 22.8. The van der Waals surface area contributed by atoms with Crippen molar-refractivity contribution in [3.63, 3.8) is 0 Å². The minimum atomic E-state index is -0.556. The normalized spacial score (nSPS) is 15.7. The zero-order valence-electron chi connectivity index (χ0n) is 22.0. The van der Waals surface area contributed by atoms with Gasteiger partial charge in [-0.2, -0.15) is 5.26 Å². The van der Waals surface area contributed by atoms with Gasteiger partial charge in [-0.1, -0.05) is 62.9 Å². The van der Waals surface area contributed by atoms with Crippen molar-refractivity contribution in [3.05, 3.63) is 89.3 Å². The van der Waals surface area contributed by atoms with Gasteiger partial charge in [-0.15, -0.1) is 0 Å². The fourth-order valence-electron chi connectivity index (χ4n) is 3.96. The molecule has 0 aromatic heterocycles. The summed E-state index contributed by atoms with van der Waals surface area (Å²) in [6, 6.07) is 10.7. The summed E-state index contributed by atoms with van der Waals surface area (Å²) in [4.78, 5) is 6.21. The van der Waals surface area contributed by atoms with Crippen LogP contribution in [0.25, 0.3) is 5.70 Å². The second-order valence-electron chi connectivity index (χ2n) is 8.78. The van der Waals surface area contributed by atoms with E-state index in [0.717, 1.165) is 42.9 Å². The monoisotopic (exact) mass is 475 g/mol. The number of allylic oxidation sites excluding steroid dienone is 3. The summed E-state index contributed by atoms with van der Waals surface area (Å²) < 4.78 is 0. The fourth-order valence-corrected chi connectivity index (χ4v) is 3.96. The number of benzene rings is 1. The summed E-state index contributed by atoms with van der Waals surface area (Å²) in [6.07, 6.45) is 10.5. The first-order chi connectivity index (χ1) is 16.9. The van der Waals surface area contributed by atoms with Crippen LogP contribution in [-0.2, 0) is 6.42 Å². The smallest absolute Gasteiger partial charge is 0.117 e. The van der Waals surface area contributed by atoms with Gasteiger partial charge in [0.05, 0.1) is 6.10 Å². The molecule has 6 nitrogen and oxygen atoms in total. The Labute approximate surface area is 211 Å². The largest absolute Gasteiger partial charge is 0.387 e. The van der Waals surface area contributed by atoms with E-state index in [9.17, 15) is 5.11 Å². The van der Waals surface area contributed by atoms with Gasteiger partial charge in [0.25, 0.3) is 0 Å². The molecule has 2 N–H and O–H groups in total. The van der Waals surface area contributed by atoms with Gasteiger partial charge in [0.1, 0.15) is 11.8 Å². The zero-order valence-corrected chi connectivity index (χ0v) is 22.0. The molecule has 1 unspecified atom stereocenters. The Morgan fingerprint density at radius 2 is 1.94 bits per heavy atom. The number of hydrogen-bond donors (Lipinski definition) is 2. The number of aliphatic hydroxyl groups is 1. The Morgan fingerprint density at radius 1 is 1.23 bits per heavy atom. The Hall–Kier alpha value is -3.27. The van der Waals surface area contributed by atoms with E-state index in [2.05, 4.69) is 84.5 Å². The molecule has 2 aliphatic heterocycles. The molecule has 2 aliphatic rings. The third kappa shape index (κ3) is 8.47. The average molecular weight is 476 g/mol. The fraction of sp³-hybridized carbons (Fsp3) is 0.414. The quantitative estimate of drug-likeness (QED) is 0.502. The van der Waals surface area contributed by atoms with Gasteiger partial charge in [-0.25, -0.2) is 0 Å². The second kappa shape index (κ2) is 14.2. The van der Waals surface area contributed by atoms with Crippen LogP contribution < -0.4 is 5.32 Å². The SMILES string of the molecule is C=C(c1ccc(CCNCC(O)C2=CC=C(C#N)N(C)C2)cc1)N(C)CC1=CN(C)CC=C1.CC. The molecule has 2 heterocycles. The van der Waals surface area contributed by atoms with E-state index in [1.54, 1.807) is 6.08 Å². The molecular weight excluding hydrogens is 434 g/mol. The number of nitrogens with zero attached hydrogens (tertiary/aromatic N) is 4. The first kappa shape index (κ1) is 28.0. The van der Waals surface area contributed by atoms with Crippen molar-refractivity contribution in [2.24, 2.45) is 0 Å². The third-order valence-electron chi connectivity index (χ3n) is 6.04. The number of nitrogens with one attached hydrogen (secondary N) is 1. The van der Waals surface area contributed by atoms with Crippen molar-refractivity contribution in [1.82, 2.24) is 20.0 Å². The van der Waals surface area contributed by atoms with Crippen LogP contribution in [0.3, 0.4) is 0 Å². The Balaban J connectivity index is 0.00000210. The van der Waals surface area contributed by atoms with E-state index in [1.165, 1.54) is 11.1 Å². The number of hydrogen-bond acceptors (Lipinski definition) is 6.